The van der Waals surface area contributed by atoms with Crippen LogP contribution in [0, 0.1) is 11.8 Å². The molecule has 0 aliphatic rings. The second kappa shape index (κ2) is 5.31. The lowest BCUT2D eigenvalue weighted by molar-refractivity contribution is 0.571. The summed E-state index contributed by atoms with van der Waals surface area (Å²) in [6, 6.07) is 0.206. The molecule has 0 radical (unpaired) electrons. The summed E-state index contributed by atoms with van der Waals surface area (Å²) in [5.74, 6) is 0.973. The number of nitrogens with zero attached hydrogens (tertiary/aromatic N) is 1. The van der Waals surface area contributed by atoms with E-state index in [1.54, 1.807) is 0 Å². The quantitative estimate of drug-likeness (QED) is 0.645. The van der Waals surface area contributed by atoms with Crippen molar-refractivity contribution in [3.63, 3.8) is 0 Å². The molecule has 2 heteroatoms. The number of hydrogen-bond acceptors (Lipinski definition) is 2. The smallest absolute Gasteiger partial charge is 0.0276 e. The van der Waals surface area contributed by atoms with E-state index in [-0.39, 0.29) is 6.04 Å². The summed E-state index contributed by atoms with van der Waals surface area (Å²) in [5.41, 5.74) is 7.08. The van der Waals surface area contributed by atoms with Gasteiger partial charge in [0.15, 0.2) is 0 Å². The monoisotopic (exact) mass is 170 g/mol. The van der Waals surface area contributed by atoms with Gasteiger partial charge in [0.2, 0.25) is 0 Å². The van der Waals surface area contributed by atoms with Crippen LogP contribution in [0.5, 0.6) is 0 Å². The zero-order valence-corrected chi connectivity index (χ0v) is 8.96. The lowest BCUT2D eigenvalue weighted by Gasteiger charge is -2.22. The molecule has 0 saturated carbocycles. The normalized spacial score (nSPS) is 20.3. The van der Waals surface area contributed by atoms with Gasteiger partial charge in [0, 0.05) is 24.7 Å². The van der Waals surface area contributed by atoms with E-state index in [1.165, 1.54) is 5.71 Å². The Balaban J connectivity index is 4.36. The van der Waals surface area contributed by atoms with Gasteiger partial charge in [-0.15, -0.1) is 0 Å². The Morgan fingerprint density at radius 3 is 2.08 bits per heavy atom. The van der Waals surface area contributed by atoms with Crippen molar-refractivity contribution in [2.45, 2.75) is 40.2 Å². The van der Waals surface area contributed by atoms with Crippen molar-refractivity contribution in [3.8, 4) is 0 Å². The number of hydrogen-bond donors (Lipinski definition) is 1. The summed E-state index contributed by atoms with van der Waals surface area (Å²) in [6.07, 6.45) is 1.14. The first kappa shape index (κ1) is 11.6. The van der Waals surface area contributed by atoms with E-state index in [1.807, 2.05) is 14.0 Å². The van der Waals surface area contributed by atoms with Crippen LogP contribution in [0.1, 0.15) is 34.1 Å². The average molecular weight is 170 g/mol. The molecule has 0 amide bonds. The molecule has 3 unspecified atom stereocenters. The zero-order chi connectivity index (χ0) is 9.72. The van der Waals surface area contributed by atoms with Crippen LogP contribution in [0.15, 0.2) is 4.99 Å². The maximum absolute atomic E-state index is 5.82. The number of aliphatic imine (C=N–C) groups is 1. The first-order valence-electron chi connectivity index (χ1n) is 4.76. The Morgan fingerprint density at radius 1 is 1.33 bits per heavy atom. The lowest BCUT2D eigenvalue weighted by atomic mass is 9.88. The standard InChI is InChI=1S/C10H22N2/c1-6-7(2)10(12-5)8(3)9(4)11/h7-9H,6,11H2,1-5H3. The second-order valence-electron chi connectivity index (χ2n) is 3.61. The Hall–Kier alpha value is -0.370. The molecular formula is C10H22N2. The van der Waals surface area contributed by atoms with Gasteiger partial charge in [-0.1, -0.05) is 20.8 Å². The molecule has 0 heterocycles. The van der Waals surface area contributed by atoms with Crippen molar-refractivity contribution in [1.29, 1.82) is 0 Å². The maximum atomic E-state index is 5.82. The summed E-state index contributed by atoms with van der Waals surface area (Å²) in [5, 5.41) is 0. The molecule has 0 bridgehead atoms. The first-order valence-corrected chi connectivity index (χ1v) is 4.76. The predicted octanol–water partition coefficient (Wildman–Crippen LogP) is 2.09. The largest absolute Gasteiger partial charge is 0.327 e. The Morgan fingerprint density at radius 2 is 1.83 bits per heavy atom. The highest BCUT2D eigenvalue weighted by molar-refractivity contribution is 5.88. The zero-order valence-electron chi connectivity index (χ0n) is 8.96. The molecule has 0 fully saturated rings. The van der Waals surface area contributed by atoms with E-state index in [9.17, 15) is 0 Å². The Labute approximate surface area is 76.3 Å². The van der Waals surface area contributed by atoms with Crippen LogP contribution in [0.3, 0.4) is 0 Å². The summed E-state index contributed by atoms with van der Waals surface area (Å²) in [6.45, 7) is 8.59. The van der Waals surface area contributed by atoms with Crippen molar-refractivity contribution in [1.82, 2.24) is 0 Å². The summed E-state index contributed by atoms with van der Waals surface area (Å²) >= 11 is 0. The minimum Gasteiger partial charge on any atom is -0.327 e. The van der Waals surface area contributed by atoms with Crippen LogP contribution in [0.25, 0.3) is 0 Å². The molecule has 3 atom stereocenters. The number of nitrogens with two attached hydrogens (primary N) is 1. The van der Waals surface area contributed by atoms with E-state index in [0.29, 0.717) is 11.8 Å². The molecule has 0 aromatic carbocycles. The molecule has 0 aromatic rings. The minimum absolute atomic E-state index is 0.206. The summed E-state index contributed by atoms with van der Waals surface area (Å²) < 4.78 is 0. The van der Waals surface area contributed by atoms with Crippen LogP contribution in [0.4, 0.5) is 0 Å². The van der Waals surface area contributed by atoms with E-state index in [0.717, 1.165) is 6.42 Å². The molecule has 0 spiro atoms. The highest BCUT2D eigenvalue weighted by Gasteiger charge is 2.18. The first-order chi connectivity index (χ1) is 5.54. The molecule has 0 aromatic heterocycles. The minimum atomic E-state index is 0.206. The lowest BCUT2D eigenvalue weighted by Crippen LogP contribution is -2.33. The molecule has 0 rings (SSSR count). The summed E-state index contributed by atoms with van der Waals surface area (Å²) in [7, 11) is 1.86. The van der Waals surface area contributed by atoms with Gasteiger partial charge in [-0.25, -0.2) is 0 Å². The van der Waals surface area contributed by atoms with Crippen molar-refractivity contribution < 1.29 is 0 Å². The Bertz CT molecular complexity index is 150. The van der Waals surface area contributed by atoms with Gasteiger partial charge in [-0.2, -0.15) is 0 Å². The molecule has 0 saturated heterocycles. The van der Waals surface area contributed by atoms with E-state index < -0.39 is 0 Å². The van der Waals surface area contributed by atoms with Crippen LogP contribution in [-0.2, 0) is 0 Å². The van der Waals surface area contributed by atoms with E-state index in [2.05, 4.69) is 25.8 Å². The van der Waals surface area contributed by atoms with Crippen molar-refractivity contribution >= 4 is 5.71 Å². The van der Waals surface area contributed by atoms with Crippen LogP contribution >= 0.6 is 0 Å². The van der Waals surface area contributed by atoms with E-state index >= 15 is 0 Å². The van der Waals surface area contributed by atoms with Gasteiger partial charge < -0.3 is 5.73 Å². The number of rotatable bonds is 4. The average Bonchev–Trinajstić information content (AvgIpc) is 2.05. The van der Waals surface area contributed by atoms with Gasteiger partial charge >= 0.3 is 0 Å². The van der Waals surface area contributed by atoms with Gasteiger partial charge in [-0.3, -0.25) is 4.99 Å². The fourth-order valence-corrected chi connectivity index (χ4v) is 1.35. The SMILES string of the molecule is CCC(C)C(=NC)C(C)C(C)N. The maximum Gasteiger partial charge on any atom is 0.0276 e. The molecule has 72 valence electrons. The van der Waals surface area contributed by atoms with Crippen LogP contribution in [0.2, 0.25) is 0 Å². The fourth-order valence-electron chi connectivity index (χ4n) is 1.35. The van der Waals surface area contributed by atoms with Crippen molar-refractivity contribution in [2.75, 3.05) is 7.05 Å². The molecule has 0 aliphatic carbocycles. The van der Waals surface area contributed by atoms with E-state index in [4.69, 9.17) is 5.73 Å². The van der Waals surface area contributed by atoms with Gasteiger partial charge in [0.1, 0.15) is 0 Å². The molecule has 0 aliphatic heterocycles. The second-order valence-corrected chi connectivity index (χ2v) is 3.61. The van der Waals surface area contributed by atoms with Gasteiger partial charge in [0.25, 0.3) is 0 Å². The van der Waals surface area contributed by atoms with Crippen LogP contribution in [-0.4, -0.2) is 18.8 Å². The van der Waals surface area contributed by atoms with Gasteiger partial charge in [-0.05, 0) is 19.3 Å². The third kappa shape index (κ3) is 2.94. The van der Waals surface area contributed by atoms with Crippen molar-refractivity contribution in [3.05, 3.63) is 0 Å². The highest BCUT2D eigenvalue weighted by atomic mass is 14.7. The topological polar surface area (TPSA) is 38.4 Å². The molecule has 12 heavy (non-hydrogen) atoms. The van der Waals surface area contributed by atoms with Crippen LogP contribution < -0.4 is 5.73 Å². The predicted molar refractivity (Wildman–Crippen MR) is 55.6 cm³/mol. The molecular weight excluding hydrogens is 148 g/mol. The highest BCUT2D eigenvalue weighted by Crippen LogP contribution is 2.14. The fraction of sp³-hybridized carbons (Fsp3) is 0.900. The molecule has 2 N–H and O–H groups in total. The van der Waals surface area contributed by atoms with Crippen molar-refractivity contribution in [2.24, 2.45) is 22.6 Å². The molecule has 2 nitrogen and oxygen atoms in total. The van der Waals surface area contributed by atoms with Gasteiger partial charge in [0.05, 0.1) is 0 Å². The third-order valence-electron chi connectivity index (χ3n) is 2.63. The Kier molecular flexibility index (Phi) is 5.14. The summed E-state index contributed by atoms with van der Waals surface area (Å²) in [4.78, 5) is 4.32. The third-order valence-corrected chi connectivity index (χ3v) is 2.63.